The molecule has 2 rings (SSSR count). The number of halogens is 1. The van der Waals surface area contributed by atoms with E-state index >= 15 is 0 Å². The van der Waals surface area contributed by atoms with Gasteiger partial charge in [-0.3, -0.25) is 4.79 Å². The minimum atomic E-state index is -3.80. The predicted molar refractivity (Wildman–Crippen MR) is 80.4 cm³/mol. The molecule has 5 heteroatoms. The second kappa shape index (κ2) is 5.22. The molecule has 3 nitrogen and oxygen atoms in total. The molecule has 0 atom stereocenters. The van der Waals surface area contributed by atoms with Gasteiger partial charge in [-0.2, -0.15) is 0 Å². The lowest BCUT2D eigenvalue weighted by Gasteiger charge is -2.17. The normalized spacial score (nSPS) is 12.6. The molecule has 0 aliphatic rings. The van der Waals surface area contributed by atoms with Gasteiger partial charge in [0, 0.05) is 16.2 Å². The van der Waals surface area contributed by atoms with Crippen LogP contribution in [0.4, 0.5) is 4.39 Å². The highest BCUT2D eigenvalue weighted by atomic mass is 32.2. The molecule has 0 bridgehead atoms. The Bertz CT molecular complexity index is 802. The third-order valence-electron chi connectivity index (χ3n) is 3.32. The quantitative estimate of drug-likeness (QED) is 0.817. The standard InChI is InChI=1S/C16H17FO3S/c1-16(2,3)15(18)10-21(19,20)14-9-8-13(17)11-6-4-5-7-12(11)14/h4-9H,10H2,1-3H3. The number of Topliss-reactive ketones (excluding diaryl/α,β-unsaturated/α-hetero) is 1. The summed E-state index contributed by atoms with van der Waals surface area (Å²) in [4.78, 5) is 12.0. The average molecular weight is 308 g/mol. The van der Waals surface area contributed by atoms with Gasteiger partial charge >= 0.3 is 0 Å². The lowest BCUT2D eigenvalue weighted by molar-refractivity contribution is -0.123. The van der Waals surface area contributed by atoms with Crippen molar-refractivity contribution >= 4 is 26.4 Å². The fourth-order valence-corrected chi connectivity index (χ4v) is 3.69. The molecule has 2 aromatic rings. The Labute approximate surface area is 123 Å². The van der Waals surface area contributed by atoms with Gasteiger partial charge in [0.2, 0.25) is 0 Å². The van der Waals surface area contributed by atoms with Crippen molar-refractivity contribution in [3.05, 3.63) is 42.2 Å². The molecular formula is C16H17FO3S. The van der Waals surface area contributed by atoms with Gasteiger partial charge in [0.25, 0.3) is 0 Å². The fraction of sp³-hybridized carbons (Fsp3) is 0.312. The van der Waals surface area contributed by atoms with E-state index in [-0.39, 0.29) is 16.1 Å². The SMILES string of the molecule is CC(C)(C)C(=O)CS(=O)(=O)c1ccc(F)c2ccccc12. The van der Waals surface area contributed by atoms with Crippen LogP contribution >= 0.6 is 0 Å². The first-order valence-electron chi connectivity index (χ1n) is 6.56. The Balaban J connectivity index is 2.56. The number of carbonyl (C=O) groups excluding carboxylic acids is 1. The van der Waals surface area contributed by atoms with Crippen molar-refractivity contribution in [2.75, 3.05) is 5.75 Å². The van der Waals surface area contributed by atoms with Crippen molar-refractivity contribution in [2.45, 2.75) is 25.7 Å². The van der Waals surface area contributed by atoms with Crippen LogP contribution in [0.5, 0.6) is 0 Å². The Morgan fingerprint density at radius 3 is 2.19 bits per heavy atom. The summed E-state index contributed by atoms with van der Waals surface area (Å²) < 4.78 is 38.7. The number of fused-ring (bicyclic) bond motifs is 1. The van der Waals surface area contributed by atoms with Gasteiger partial charge in [0.15, 0.2) is 15.6 Å². The van der Waals surface area contributed by atoms with Crippen LogP contribution in [0.2, 0.25) is 0 Å². The van der Waals surface area contributed by atoms with E-state index in [1.807, 2.05) is 0 Å². The van der Waals surface area contributed by atoms with Crippen molar-refractivity contribution in [1.29, 1.82) is 0 Å². The molecule has 0 amide bonds. The van der Waals surface area contributed by atoms with Crippen LogP contribution in [0.25, 0.3) is 10.8 Å². The second-order valence-electron chi connectivity index (χ2n) is 6.02. The third-order valence-corrected chi connectivity index (χ3v) is 4.99. The molecule has 0 heterocycles. The highest BCUT2D eigenvalue weighted by Crippen LogP contribution is 2.27. The van der Waals surface area contributed by atoms with E-state index in [0.717, 1.165) is 6.07 Å². The molecule has 0 aromatic heterocycles. The molecule has 0 radical (unpaired) electrons. The molecule has 0 saturated heterocycles. The summed E-state index contributed by atoms with van der Waals surface area (Å²) in [7, 11) is -3.80. The van der Waals surface area contributed by atoms with Crippen LogP contribution in [0, 0.1) is 11.2 Å². The molecule has 0 saturated carbocycles. The number of hydrogen-bond donors (Lipinski definition) is 0. The van der Waals surface area contributed by atoms with Crippen LogP contribution in [-0.2, 0) is 14.6 Å². The van der Waals surface area contributed by atoms with Crippen molar-refractivity contribution in [1.82, 2.24) is 0 Å². The van der Waals surface area contributed by atoms with E-state index < -0.39 is 26.8 Å². The maximum Gasteiger partial charge on any atom is 0.186 e. The molecule has 0 unspecified atom stereocenters. The van der Waals surface area contributed by atoms with Crippen molar-refractivity contribution < 1.29 is 17.6 Å². The minimum absolute atomic E-state index is 0.00269. The number of sulfone groups is 1. The first kappa shape index (κ1) is 15.6. The summed E-state index contributed by atoms with van der Waals surface area (Å²) in [6.45, 7) is 5.02. The average Bonchev–Trinajstić information content (AvgIpc) is 2.37. The van der Waals surface area contributed by atoms with Gasteiger partial charge < -0.3 is 0 Å². The van der Waals surface area contributed by atoms with Gasteiger partial charge in [0.05, 0.1) is 4.90 Å². The Morgan fingerprint density at radius 2 is 1.62 bits per heavy atom. The number of ketones is 1. The van der Waals surface area contributed by atoms with Crippen LogP contribution in [0.3, 0.4) is 0 Å². The smallest absolute Gasteiger partial charge is 0.186 e. The van der Waals surface area contributed by atoms with Gasteiger partial charge in [-0.25, -0.2) is 12.8 Å². The van der Waals surface area contributed by atoms with Crippen molar-refractivity contribution in [3.8, 4) is 0 Å². The van der Waals surface area contributed by atoms with Crippen molar-refractivity contribution in [3.63, 3.8) is 0 Å². The molecule has 0 fully saturated rings. The zero-order chi connectivity index (χ0) is 15.8. The predicted octanol–water partition coefficient (Wildman–Crippen LogP) is 3.37. The van der Waals surface area contributed by atoms with E-state index in [4.69, 9.17) is 0 Å². The van der Waals surface area contributed by atoms with Gasteiger partial charge in [-0.1, -0.05) is 45.0 Å². The van der Waals surface area contributed by atoms with Gasteiger partial charge in [0.1, 0.15) is 11.6 Å². The molecule has 112 valence electrons. The summed E-state index contributed by atoms with van der Waals surface area (Å²) in [6.07, 6.45) is 0. The summed E-state index contributed by atoms with van der Waals surface area (Å²) >= 11 is 0. The zero-order valence-electron chi connectivity index (χ0n) is 12.2. The fourth-order valence-electron chi connectivity index (χ4n) is 1.97. The molecule has 0 aliphatic carbocycles. The number of carbonyl (C=O) groups is 1. The summed E-state index contributed by atoms with van der Waals surface area (Å²) in [5, 5.41) is 0.543. The maximum atomic E-state index is 13.7. The molecule has 0 N–H and O–H groups in total. The lowest BCUT2D eigenvalue weighted by Crippen LogP contribution is -2.28. The molecular weight excluding hydrogens is 291 g/mol. The van der Waals surface area contributed by atoms with E-state index in [2.05, 4.69) is 0 Å². The van der Waals surface area contributed by atoms with E-state index in [9.17, 15) is 17.6 Å². The first-order valence-corrected chi connectivity index (χ1v) is 8.21. The topological polar surface area (TPSA) is 51.2 Å². The number of hydrogen-bond acceptors (Lipinski definition) is 3. The van der Waals surface area contributed by atoms with Crippen molar-refractivity contribution in [2.24, 2.45) is 5.41 Å². The van der Waals surface area contributed by atoms with Crippen LogP contribution < -0.4 is 0 Å². The largest absolute Gasteiger partial charge is 0.298 e. The highest BCUT2D eigenvalue weighted by molar-refractivity contribution is 7.92. The summed E-state index contributed by atoms with van der Waals surface area (Å²) in [5.41, 5.74) is -0.733. The third kappa shape index (κ3) is 3.13. The molecule has 0 spiro atoms. The highest BCUT2D eigenvalue weighted by Gasteiger charge is 2.29. The van der Waals surface area contributed by atoms with E-state index in [0.29, 0.717) is 5.39 Å². The minimum Gasteiger partial charge on any atom is -0.298 e. The van der Waals surface area contributed by atoms with E-state index in [1.54, 1.807) is 39.0 Å². The summed E-state index contributed by atoms with van der Waals surface area (Å²) in [5.74, 6) is -1.42. The second-order valence-corrected chi connectivity index (χ2v) is 7.98. The van der Waals surface area contributed by atoms with Gasteiger partial charge in [-0.15, -0.1) is 0 Å². The maximum absolute atomic E-state index is 13.7. The van der Waals surface area contributed by atoms with Crippen LogP contribution in [0.15, 0.2) is 41.3 Å². The van der Waals surface area contributed by atoms with Crippen LogP contribution in [0.1, 0.15) is 20.8 Å². The zero-order valence-corrected chi connectivity index (χ0v) is 13.0. The monoisotopic (exact) mass is 308 g/mol. The van der Waals surface area contributed by atoms with Crippen LogP contribution in [-0.4, -0.2) is 20.0 Å². The van der Waals surface area contributed by atoms with Gasteiger partial charge in [-0.05, 0) is 12.1 Å². The summed E-state index contributed by atoms with van der Waals surface area (Å²) in [6, 6.07) is 8.70. The Hall–Kier alpha value is -1.75. The number of rotatable bonds is 3. The lowest BCUT2D eigenvalue weighted by atomic mass is 9.92. The first-order chi connectivity index (χ1) is 9.63. The number of benzene rings is 2. The van der Waals surface area contributed by atoms with E-state index in [1.165, 1.54) is 12.1 Å². The molecule has 21 heavy (non-hydrogen) atoms. The Morgan fingerprint density at radius 1 is 1.05 bits per heavy atom. The Kier molecular flexibility index (Phi) is 3.89. The molecule has 0 aliphatic heterocycles. The molecule has 2 aromatic carbocycles.